The second kappa shape index (κ2) is 4.77. The molecule has 0 rings (SSSR count). The highest BCUT2D eigenvalue weighted by molar-refractivity contribution is 4.68. The van der Waals surface area contributed by atoms with Gasteiger partial charge in [-0.3, -0.25) is 0 Å². The van der Waals surface area contributed by atoms with E-state index in [2.05, 4.69) is 13.8 Å². The smallest absolute Gasteiger partial charge is 0.0189 e. The van der Waals surface area contributed by atoms with Crippen molar-refractivity contribution in [3.8, 4) is 0 Å². The van der Waals surface area contributed by atoms with E-state index < -0.39 is 0 Å². The molecule has 0 radical (unpaired) electrons. The summed E-state index contributed by atoms with van der Waals surface area (Å²) >= 11 is 0. The van der Waals surface area contributed by atoms with E-state index in [1.807, 2.05) is 0 Å². The van der Waals surface area contributed by atoms with Crippen molar-refractivity contribution in [2.45, 2.75) is 32.7 Å². The summed E-state index contributed by atoms with van der Waals surface area (Å²) in [5, 5.41) is 0. The molecule has 0 saturated carbocycles. The first kappa shape index (κ1) is 8.92. The summed E-state index contributed by atoms with van der Waals surface area (Å²) in [4.78, 5) is 0. The summed E-state index contributed by atoms with van der Waals surface area (Å²) in [6.07, 6.45) is 2.40. The van der Waals surface area contributed by atoms with Crippen LogP contribution in [0, 0.1) is 5.92 Å². The van der Waals surface area contributed by atoms with Gasteiger partial charge in [-0.2, -0.15) is 0 Å². The van der Waals surface area contributed by atoms with Crippen LogP contribution in [-0.2, 0) is 0 Å². The molecular formula is C7H18N2. The van der Waals surface area contributed by atoms with Gasteiger partial charge in [-0.05, 0) is 12.3 Å². The van der Waals surface area contributed by atoms with Crippen molar-refractivity contribution >= 4 is 0 Å². The first-order valence-corrected chi connectivity index (χ1v) is 3.68. The van der Waals surface area contributed by atoms with Gasteiger partial charge in [0.05, 0.1) is 0 Å². The van der Waals surface area contributed by atoms with Crippen molar-refractivity contribution in [2.75, 3.05) is 6.54 Å². The molecule has 0 amide bonds. The first-order valence-electron chi connectivity index (χ1n) is 3.68. The summed E-state index contributed by atoms with van der Waals surface area (Å²) in [5.41, 5.74) is 11.1. The zero-order valence-electron chi connectivity index (χ0n) is 6.43. The van der Waals surface area contributed by atoms with Gasteiger partial charge in [0.25, 0.3) is 0 Å². The maximum atomic E-state index is 5.68. The minimum Gasteiger partial charge on any atom is -0.329 e. The van der Waals surface area contributed by atoms with Crippen LogP contribution in [0.4, 0.5) is 0 Å². The fraction of sp³-hybridized carbons (Fsp3) is 1.00. The van der Waals surface area contributed by atoms with Crippen LogP contribution in [0.25, 0.3) is 0 Å². The Balaban J connectivity index is 3.32. The van der Waals surface area contributed by atoms with Gasteiger partial charge >= 0.3 is 0 Å². The molecule has 2 nitrogen and oxygen atoms in total. The second-order valence-electron chi connectivity index (χ2n) is 2.67. The average Bonchev–Trinajstić information content (AvgIpc) is 1.87. The Hall–Kier alpha value is -0.0800. The van der Waals surface area contributed by atoms with Crippen LogP contribution in [0.15, 0.2) is 0 Å². The third-order valence-electron chi connectivity index (χ3n) is 1.75. The quantitative estimate of drug-likeness (QED) is 0.589. The third-order valence-corrected chi connectivity index (χ3v) is 1.75. The molecule has 2 atom stereocenters. The molecule has 0 aliphatic carbocycles. The minimum atomic E-state index is 0.199. The molecule has 0 unspecified atom stereocenters. The lowest BCUT2D eigenvalue weighted by Gasteiger charge is -2.16. The zero-order valence-corrected chi connectivity index (χ0v) is 6.43. The topological polar surface area (TPSA) is 52.0 Å². The SMILES string of the molecule is CCC[C@@H](C)[C@@H](N)CN. The number of hydrogen-bond acceptors (Lipinski definition) is 2. The molecule has 0 heterocycles. The number of rotatable bonds is 4. The summed E-state index contributed by atoms with van der Waals surface area (Å²) in [6, 6.07) is 0.199. The fourth-order valence-electron chi connectivity index (χ4n) is 0.902. The molecule has 2 heteroatoms. The Kier molecular flexibility index (Phi) is 4.72. The summed E-state index contributed by atoms with van der Waals surface area (Å²) in [7, 11) is 0. The fourth-order valence-corrected chi connectivity index (χ4v) is 0.902. The number of hydrogen-bond donors (Lipinski definition) is 2. The molecule has 9 heavy (non-hydrogen) atoms. The molecule has 0 spiro atoms. The highest BCUT2D eigenvalue weighted by atomic mass is 14.7. The van der Waals surface area contributed by atoms with E-state index in [-0.39, 0.29) is 6.04 Å². The van der Waals surface area contributed by atoms with Crippen LogP contribution < -0.4 is 11.5 Å². The maximum absolute atomic E-state index is 5.68. The van der Waals surface area contributed by atoms with Gasteiger partial charge in [-0.25, -0.2) is 0 Å². The van der Waals surface area contributed by atoms with Crippen LogP contribution in [0.3, 0.4) is 0 Å². The van der Waals surface area contributed by atoms with Gasteiger partial charge in [-0.15, -0.1) is 0 Å². The van der Waals surface area contributed by atoms with Crippen molar-refractivity contribution < 1.29 is 0 Å². The van der Waals surface area contributed by atoms with Crippen molar-refractivity contribution in [1.29, 1.82) is 0 Å². The monoisotopic (exact) mass is 130 g/mol. The van der Waals surface area contributed by atoms with Gasteiger partial charge in [-0.1, -0.05) is 20.3 Å². The first-order chi connectivity index (χ1) is 4.22. The van der Waals surface area contributed by atoms with Crippen molar-refractivity contribution in [3.05, 3.63) is 0 Å². The van der Waals surface area contributed by atoms with E-state index in [1.54, 1.807) is 0 Å². The van der Waals surface area contributed by atoms with Crippen LogP contribution in [0.1, 0.15) is 26.7 Å². The Morgan fingerprint density at radius 3 is 2.33 bits per heavy atom. The van der Waals surface area contributed by atoms with Crippen molar-refractivity contribution in [1.82, 2.24) is 0 Å². The van der Waals surface area contributed by atoms with E-state index in [0.717, 1.165) is 0 Å². The van der Waals surface area contributed by atoms with E-state index in [1.165, 1.54) is 12.8 Å². The summed E-state index contributed by atoms with van der Waals surface area (Å²) in [6.45, 7) is 4.93. The second-order valence-corrected chi connectivity index (χ2v) is 2.67. The van der Waals surface area contributed by atoms with Crippen LogP contribution in [-0.4, -0.2) is 12.6 Å². The lowest BCUT2D eigenvalue weighted by Crippen LogP contribution is -2.35. The maximum Gasteiger partial charge on any atom is 0.0189 e. The van der Waals surface area contributed by atoms with Crippen LogP contribution >= 0.6 is 0 Å². The van der Waals surface area contributed by atoms with E-state index in [0.29, 0.717) is 12.5 Å². The van der Waals surface area contributed by atoms with Gasteiger partial charge in [0, 0.05) is 12.6 Å². The molecule has 0 aromatic heterocycles. The molecule has 0 fully saturated rings. The Morgan fingerprint density at radius 1 is 1.44 bits per heavy atom. The molecule has 56 valence electrons. The number of nitrogens with two attached hydrogens (primary N) is 2. The summed E-state index contributed by atoms with van der Waals surface area (Å²) in [5.74, 6) is 0.583. The standard InChI is InChI=1S/C7H18N2/c1-3-4-6(2)7(9)5-8/h6-7H,3-5,8-9H2,1-2H3/t6-,7+/m1/s1. The average molecular weight is 130 g/mol. The summed E-state index contributed by atoms with van der Waals surface area (Å²) < 4.78 is 0. The predicted octanol–water partition coefficient (Wildman–Crippen LogP) is 0.709. The predicted molar refractivity (Wildman–Crippen MR) is 41.1 cm³/mol. The highest BCUT2D eigenvalue weighted by Gasteiger charge is 2.08. The van der Waals surface area contributed by atoms with E-state index >= 15 is 0 Å². The lowest BCUT2D eigenvalue weighted by atomic mass is 9.98. The molecule has 0 bridgehead atoms. The van der Waals surface area contributed by atoms with Gasteiger partial charge < -0.3 is 11.5 Å². The Morgan fingerprint density at radius 2 is 2.00 bits per heavy atom. The molecule has 0 saturated heterocycles. The van der Waals surface area contributed by atoms with Crippen LogP contribution in [0.5, 0.6) is 0 Å². The van der Waals surface area contributed by atoms with Gasteiger partial charge in [0.2, 0.25) is 0 Å². The largest absolute Gasteiger partial charge is 0.329 e. The molecule has 4 N–H and O–H groups in total. The van der Waals surface area contributed by atoms with Crippen molar-refractivity contribution in [2.24, 2.45) is 17.4 Å². The molecule has 0 aromatic rings. The normalized spacial score (nSPS) is 17.3. The Bertz CT molecular complexity index is 63.9. The molecule has 0 aromatic carbocycles. The van der Waals surface area contributed by atoms with Crippen LogP contribution in [0.2, 0.25) is 0 Å². The van der Waals surface area contributed by atoms with E-state index in [9.17, 15) is 0 Å². The Labute approximate surface area is 57.6 Å². The minimum absolute atomic E-state index is 0.199. The molecule has 0 aliphatic heterocycles. The van der Waals surface area contributed by atoms with Gasteiger partial charge in [0.15, 0.2) is 0 Å². The van der Waals surface area contributed by atoms with E-state index in [4.69, 9.17) is 11.5 Å². The molecular weight excluding hydrogens is 112 g/mol. The zero-order chi connectivity index (χ0) is 7.28. The third kappa shape index (κ3) is 3.49. The van der Waals surface area contributed by atoms with Gasteiger partial charge in [0.1, 0.15) is 0 Å². The molecule has 0 aliphatic rings. The van der Waals surface area contributed by atoms with Crippen molar-refractivity contribution in [3.63, 3.8) is 0 Å². The highest BCUT2D eigenvalue weighted by Crippen LogP contribution is 2.06. The lowest BCUT2D eigenvalue weighted by molar-refractivity contribution is 0.428.